The van der Waals surface area contributed by atoms with E-state index in [1.807, 2.05) is 24.3 Å². The van der Waals surface area contributed by atoms with E-state index in [1.165, 1.54) is 11.1 Å². The van der Waals surface area contributed by atoms with E-state index in [4.69, 9.17) is 0 Å². The first-order valence-electron chi connectivity index (χ1n) is 5.98. The molecule has 98 valence electrons. The minimum Gasteiger partial charge on any atom is -0.367 e. The van der Waals surface area contributed by atoms with Gasteiger partial charge in [0.25, 0.3) is 5.95 Å². The van der Waals surface area contributed by atoms with Gasteiger partial charge in [0.15, 0.2) is 17.5 Å². The molecule has 2 nitrogen and oxygen atoms in total. The average molecular weight is 264 g/mol. The molecule has 2 aromatic rings. The number of pyridine rings is 1. The number of hydrogen-bond donors (Lipinski definition) is 1. The van der Waals surface area contributed by atoms with Crippen molar-refractivity contribution in [2.75, 3.05) is 11.9 Å². The quantitative estimate of drug-likeness (QED) is 0.861. The summed E-state index contributed by atoms with van der Waals surface area (Å²) in [5, 5.41) is 2.73. The van der Waals surface area contributed by atoms with Gasteiger partial charge in [-0.1, -0.05) is 24.3 Å². The Bertz CT molecular complexity index is 628. The average Bonchev–Trinajstić information content (AvgIpc) is 2.36. The van der Waals surface area contributed by atoms with E-state index < -0.39 is 17.6 Å². The fourth-order valence-electron chi connectivity index (χ4n) is 2.33. The molecule has 1 unspecified atom stereocenters. The van der Waals surface area contributed by atoms with Gasteiger partial charge in [-0.3, -0.25) is 0 Å². The maximum atomic E-state index is 13.4. The SMILES string of the molecule is Fc1cc(F)c(NCC2Cc3ccccc32)nc1F. The lowest BCUT2D eigenvalue weighted by Crippen LogP contribution is -2.25. The predicted molar refractivity (Wildman–Crippen MR) is 65.5 cm³/mol. The zero-order valence-corrected chi connectivity index (χ0v) is 9.96. The number of nitrogens with zero attached hydrogens (tertiary/aromatic N) is 1. The van der Waals surface area contributed by atoms with Crippen molar-refractivity contribution in [3.63, 3.8) is 0 Å². The van der Waals surface area contributed by atoms with Gasteiger partial charge in [-0.2, -0.15) is 9.37 Å². The van der Waals surface area contributed by atoms with E-state index in [0.717, 1.165) is 6.42 Å². The topological polar surface area (TPSA) is 24.9 Å². The summed E-state index contributed by atoms with van der Waals surface area (Å²) in [5.41, 5.74) is 2.48. The molecule has 1 N–H and O–H groups in total. The minimum absolute atomic E-state index is 0.247. The normalized spacial score (nSPS) is 16.7. The van der Waals surface area contributed by atoms with Crippen molar-refractivity contribution in [3.8, 4) is 0 Å². The van der Waals surface area contributed by atoms with Crippen molar-refractivity contribution in [2.45, 2.75) is 12.3 Å². The Morgan fingerprint density at radius 2 is 1.95 bits per heavy atom. The number of nitrogens with one attached hydrogen (secondary N) is 1. The molecular weight excluding hydrogens is 253 g/mol. The smallest absolute Gasteiger partial charge is 0.251 e. The maximum Gasteiger partial charge on any atom is 0.251 e. The second-order valence-corrected chi connectivity index (χ2v) is 4.57. The summed E-state index contributed by atoms with van der Waals surface area (Å²) in [6.07, 6.45) is 0.897. The number of benzene rings is 1. The number of rotatable bonds is 3. The highest BCUT2D eigenvalue weighted by molar-refractivity contribution is 5.43. The fraction of sp³-hybridized carbons (Fsp3) is 0.214. The largest absolute Gasteiger partial charge is 0.367 e. The van der Waals surface area contributed by atoms with Crippen molar-refractivity contribution in [2.24, 2.45) is 0 Å². The molecule has 1 atom stereocenters. The van der Waals surface area contributed by atoms with Gasteiger partial charge in [0, 0.05) is 18.5 Å². The molecule has 1 aliphatic carbocycles. The maximum absolute atomic E-state index is 13.4. The Labute approximate surface area is 108 Å². The van der Waals surface area contributed by atoms with Crippen LogP contribution < -0.4 is 5.32 Å². The van der Waals surface area contributed by atoms with Crippen LogP contribution in [0, 0.1) is 17.6 Å². The third kappa shape index (κ3) is 2.16. The predicted octanol–water partition coefficient (Wildman–Crippen LogP) is 3.25. The summed E-state index contributed by atoms with van der Waals surface area (Å²) in [6.45, 7) is 0.450. The minimum atomic E-state index is -1.29. The van der Waals surface area contributed by atoms with Gasteiger partial charge >= 0.3 is 0 Å². The van der Waals surface area contributed by atoms with Crippen LogP contribution in [-0.2, 0) is 6.42 Å². The molecule has 1 aliphatic rings. The van der Waals surface area contributed by atoms with Gasteiger partial charge < -0.3 is 5.32 Å². The molecular formula is C14H11F3N2. The van der Waals surface area contributed by atoms with Crippen LogP contribution in [0.2, 0.25) is 0 Å². The monoisotopic (exact) mass is 264 g/mol. The molecule has 0 saturated carbocycles. The molecule has 0 saturated heterocycles. The van der Waals surface area contributed by atoms with Crippen LogP contribution in [0.15, 0.2) is 30.3 Å². The molecule has 19 heavy (non-hydrogen) atoms. The van der Waals surface area contributed by atoms with Crippen LogP contribution in [-0.4, -0.2) is 11.5 Å². The van der Waals surface area contributed by atoms with Gasteiger partial charge in [0.05, 0.1) is 0 Å². The van der Waals surface area contributed by atoms with Gasteiger partial charge in [-0.05, 0) is 17.5 Å². The third-order valence-corrected chi connectivity index (χ3v) is 3.36. The van der Waals surface area contributed by atoms with Crippen LogP contribution in [0.4, 0.5) is 19.0 Å². The Kier molecular flexibility index (Phi) is 2.89. The highest BCUT2D eigenvalue weighted by atomic mass is 19.2. The van der Waals surface area contributed by atoms with Crippen molar-refractivity contribution in [1.82, 2.24) is 4.98 Å². The van der Waals surface area contributed by atoms with E-state index in [2.05, 4.69) is 10.3 Å². The lowest BCUT2D eigenvalue weighted by atomic mass is 9.77. The number of fused-ring (bicyclic) bond motifs is 1. The highest BCUT2D eigenvalue weighted by Crippen LogP contribution is 2.34. The van der Waals surface area contributed by atoms with Crippen molar-refractivity contribution in [3.05, 3.63) is 59.0 Å². The Morgan fingerprint density at radius 3 is 2.74 bits per heavy atom. The summed E-state index contributed by atoms with van der Waals surface area (Å²) in [6, 6.07) is 8.47. The molecule has 0 spiro atoms. The van der Waals surface area contributed by atoms with E-state index in [-0.39, 0.29) is 11.7 Å². The Balaban J connectivity index is 1.70. The number of halogens is 3. The molecule has 5 heteroatoms. The Morgan fingerprint density at radius 1 is 1.16 bits per heavy atom. The number of aromatic nitrogens is 1. The van der Waals surface area contributed by atoms with Crippen molar-refractivity contribution in [1.29, 1.82) is 0 Å². The molecule has 1 aromatic heterocycles. The fourth-order valence-corrected chi connectivity index (χ4v) is 2.33. The molecule has 3 rings (SSSR count). The van der Waals surface area contributed by atoms with Gasteiger partial charge in [0.1, 0.15) is 0 Å². The summed E-state index contributed by atoms with van der Waals surface area (Å²) < 4.78 is 39.0. The summed E-state index contributed by atoms with van der Waals surface area (Å²) in [5.74, 6) is -3.45. The van der Waals surface area contributed by atoms with Gasteiger partial charge in [0.2, 0.25) is 0 Å². The molecule has 0 bridgehead atoms. The van der Waals surface area contributed by atoms with Crippen LogP contribution in [0.3, 0.4) is 0 Å². The van der Waals surface area contributed by atoms with Crippen LogP contribution in [0.1, 0.15) is 17.0 Å². The molecule has 1 heterocycles. The van der Waals surface area contributed by atoms with Crippen molar-refractivity contribution >= 4 is 5.82 Å². The summed E-state index contributed by atoms with van der Waals surface area (Å²) in [7, 11) is 0. The zero-order chi connectivity index (χ0) is 13.4. The third-order valence-electron chi connectivity index (χ3n) is 3.36. The molecule has 0 amide bonds. The van der Waals surface area contributed by atoms with E-state index >= 15 is 0 Å². The standard InChI is InChI=1S/C14H11F3N2/c15-11-6-12(16)14(19-13(11)17)18-7-9-5-8-3-1-2-4-10(8)9/h1-4,6,9H,5,7H2,(H,18,19). The first-order chi connectivity index (χ1) is 9.15. The second kappa shape index (κ2) is 4.57. The van der Waals surface area contributed by atoms with Crippen LogP contribution in [0.25, 0.3) is 0 Å². The van der Waals surface area contributed by atoms with Crippen LogP contribution in [0.5, 0.6) is 0 Å². The summed E-state index contributed by atoms with van der Waals surface area (Å²) >= 11 is 0. The van der Waals surface area contributed by atoms with Crippen molar-refractivity contribution < 1.29 is 13.2 Å². The molecule has 0 radical (unpaired) electrons. The first-order valence-corrected chi connectivity index (χ1v) is 5.98. The van der Waals surface area contributed by atoms with E-state index in [0.29, 0.717) is 12.6 Å². The van der Waals surface area contributed by atoms with Gasteiger partial charge in [-0.15, -0.1) is 0 Å². The first kappa shape index (κ1) is 12.0. The molecule has 1 aromatic carbocycles. The molecule has 0 fully saturated rings. The lowest BCUT2D eigenvalue weighted by molar-refractivity contribution is 0.466. The zero-order valence-electron chi connectivity index (χ0n) is 9.96. The van der Waals surface area contributed by atoms with Gasteiger partial charge in [-0.25, -0.2) is 8.78 Å². The Hall–Kier alpha value is -2.04. The highest BCUT2D eigenvalue weighted by Gasteiger charge is 2.25. The second-order valence-electron chi connectivity index (χ2n) is 4.57. The lowest BCUT2D eigenvalue weighted by Gasteiger charge is -2.30. The van der Waals surface area contributed by atoms with Crippen LogP contribution >= 0.6 is 0 Å². The van der Waals surface area contributed by atoms with E-state index in [1.54, 1.807) is 0 Å². The van der Waals surface area contributed by atoms with E-state index in [9.17, 15) is 13.2 Å². The molecule has 0 aliphatic heterocycles. The number of anilines is 1. The summed E-state index contributed by atoms with van der Waals surface area (Å²) in [4.78, 5) is 3.23. The number of hydrogen-bond acceptors (Lipinski definition) is 2.